The zero-order valence-corrected chi connectivity index (χ0v) is 12.4. The minimum atomic E-state index is 0.0669. The van der Waals surface area contributed by atoms with Crippen molar-refractivity contribution < 1.29 is 4.79 Å². The van der Waals surface area contributed by atoms with Crippen LogP contribution in [0, 0.1) is 6.92 Å². The third kappa shape index (κ3) is 2.14. The lowest BCUT2D eigenvalue weighted by Crippen LogP contribution is -2.52. The van der Waals surface area contributed by atoms with Gasteiger partial charge in [0, 0.05) is 36.3 Å². The molecule has 0 aliphatic carbocycles. The summed E-state index contributed by atoms with van der Waals surface area (Å²) < 4.78 is 1.02. The number of piperazine rings is 1. The molecule has 5 nitrogen and oxygen atoms in total. The first kappa shape index (κ1) is 12.6. The number of nitrogens with zero attached hydrogens (tertiary/aromatic N) is 2. The molecule has 2 heterocycles. The molecule has 0 bridgehead atoms. The van der Waals surface area contributed by atoms with E-state index in [1.165, 1.54) is 0 Å². The second kappa shape index (κ2) is 4.59. The van der Waals surface area contributed by atoms with Gasteiger partial charge in [0.1, 0.15) is 0 Å². The molecular weight excluding hydrogens is 308 g/mol. The summed E-state index contributed by atoms with van der Waals surface area (Å²) in [6.07, 6.45) is 0. The van der Waals surface area contributed by atoms with Crippen LogP contribution in [0.15, 0.2) is 16.6 Å². The molecule has 1 unspecified atom stereocenters. The molecule has 102 valence electrons. The van der Waals surface area contributed by atoms with Crippen molar-refractivity contribution in [1.29, 1.82) is 0 Å². The van der Waals surface area contributed by atoms with E-state index in [9.17, 15) is 4.79 Å². The van der Waals surface area contributed by atoms with Crippen LogP contribution in [0.3, 0.4) is 0 Å². The normalized spacial score (nSPS) is 22.4. The summed E-state index contributed by atoms with van der Waals surface area (Å²) >= 11 is 3.58. The van der Waals surface area contributed by atoms with Gasteiger partial charge in [-0.1, -0.05) is 0 Å². The highest BCUT2D eigenvalue weighted by Gasteiger charge is 2.35. The van der Waals surface area contributed by atoms with Gasteiger partial charge in [0.2, 0.25) is 0 Å². The zero-order valence-electron chi connectivity index (χ0n) is 10.8. The number of halogens is 1. The van der Waals surface area contributed by atoms with Crippen molar-refractivity contribution in [3.8, 4) is 0 Å². The summed E-state index contributed by atoms with van der Waals surface area (Å²) in [6.45, 7) is 5.24. The maximum atomic E-state index is 11.6. The number of carbonyl (C=O) groups excluding carboxylic acids is 1. The number of carbonyl (C=O) groups is 1. The number of anilines is 2. The van der Waals surface area contributed by atoms with Crippen LogP contribution in [-0.4, -0.2) is 43.2 Å². The molecule has 1 aromatic carbocycles. The Bertz CT molecular complexity index is 534. The van der Waals surface area contributed by atoms with Crippen LogP contribution in [-0.2, 0) is 0 Å². The van der Waals surface area contributed by atoms with E-state index in [1.54, 1.807) is 0 Å². The molecule has 1 atom stereocenters. The van der Waals surface area contributed by atoms with Crippen molar-refractivity contribution >= 4 is 33.3 Å². The number of urea groups is 1. The van der Waals surface area contributed by atoms with E-state index in [0.717, 1.165) is 47.6 Å². The number of fused-ring (bicyclic) bond motifs is 1. The van der Waals surface area contributed by atoms with Gasteiger partial charge in [-0.25, -0.2) is 4.79 Å². The summed E-state index contributed by atoms with van der Waals surface area (Å²) in [5.41, 5.74) is 8.95. The molecule has 2 aliphatic rings. The average molecular weight is 325 g/mol. The number of rotatable bonds is 1. The van der Waals surface area contributed by atoms with Crippen LogP contribution >= 0.6 is 15.9 Å². The van der Waals surface area contributed by atoms with E-state index in [0.29, 0.717) is 0 Å². The van der Waals surface area contributed by atoms with Crippen LogP contribution in [0.5, 0.6) is 0 Å². The van der Waals surface area contributed by atoms with E-state index in [2.05, 4.69) is 32.2 Å². The van der Waals surface area contributed by atoms with Crippen molar-refractivity contribution in [3.05, 3.63) is 22.2 Å². The molecule has 0 spiro atoms. The van der Waals surface area contributed by atoms with Crippen LogP contribution in [0.25, 0.3) is 0 Å². The smallest absolute Gasteiger partial charge is 0.317 e. The molecule has 19 heavy (non-hydrogen) atoms. The van der Waals surface area contributed by atoms with Gasteiger partial charge in [0.25, 0.3) is 0 Å². The largest absolute Gasteiger partial charge is 0.398 e. The molecule has 6 heteroatoms. The summed E-state index contributed by atoms with van der Waals surface area (Å²) in [4.78, 5) is 15.8. The monoisotopic (exact) mass is 324 g/mol. The van der Waals surface area contributed by atoms with Crippen molar-refractivity contribution in [2.24, 2.45) is 0 Å². The van der Waals surface area contributed by atoms with Crippen LogP contribution in [0.4, 0.5) is 16.2 Å². The molecule has 3 rings (SSSR count). The van der Waals surface area contributed by atoms with Gasteiger partial charge in [-0.05, 0) is 40.5 Å². The minimum absolute atomic E-state index is 0.0669. The van der Waals surface area contributed by atoms with Gasteiger partial charge in [-0.3, -0.25) is 0 Å². The SMILES string of the molecule is Cc1cc(N2CCN3C(=O)NCC3C2)c(Br)cc1N. The maximum absolute atomic E-state index is 11.6. The van der Waals surface area contributed by atoms with E-state index < -0.39 is 0 Å². The van der Waals surface area contributed by atoms with Crippen LogP contribution in [0.1, 0.15) is 5.56 Å². The molecule has 1 aromatic rings. The number of aryl methyl sites for hydroxylation is 1. The van der Waals surface area contributed by atoms with Crippen molar-refractivity contribution in [1.82, 2.24) is 10.2 Å². The van der Waals surface area contributed by atoms with Crippen molar-refractivity contribution in [2.45, 2.75) is 13.0 Å². The van der Waals surface area contributed by atoms with Crippen molar-refractivity contribution in [2.75, 3.05) is 36.8 Å². The van der Waals surface area contributed by atoms with Crippen molar-refractivity contribution in [3.63, 3.8) is 0 Å². The Morgan fingerprint density at radius 2 is 2.21 bits per heavy atom. The third-order valence-electron chi connectivity index (χ3n) is 3.91. The molecule has 3 N–H and O–H groups in total. The summed E-state index contributed by atoms with van der Waals surface area (Å²) in [7, 11) is 0. The number of amides is 2. The first-order chi connectivity index (χ1) is 9.06. The lowest BCUT2D eigenvalue weighted by Gasteiger charge is -2.38. The standard InChI is InChI=1S/C13H17BrN4O/c1-8-4-12(10(14)5-11(8)15)17-2-3-18-9(7-17)6-16-13(18)19/h4-5,9H,2-3,6-7,15H2,1H3,(H,16,19). The fourth-order valence-corrected chi connectivity index (χ4v) is 3.36. The topological polar surface area (TPSA) is 61.6 Å². The fraction of sp³-hybridized carbons (Fsp3) is 0.462. The lowest BCUT2D eigenvalue weighted by molar-refractivity contribution is 0.197. The highest BCUT2D eigenvalue weighted by molar-refractivity contribution is 9.10. The molecule has 2 saturated heterocycles. The molecule has 2 amide bonds. The third-order valence-corrected chi connectivity index (χ3v) is 4.54. The summed E-state index contributed by atoms with van der Waals surface area (Å²) in [6, 6.07) is 4.40. The number of nitrogen functional groups attached to an aromatic ring is 1. The molecule has 0 radical (unpaired) electrons. The Morgan fingerprint density at radius 3 is 3.00 bits per heavy atom. The minimum Gasteiger partial charge on any atom is -0.398 e. The first-order valence-corrected chi connectivity index (χ1v) is 7.20. The predicted octanol–water partition coefficient (Wildman–Crippen LogP) is 1.55. The Hall–Kier alpha value is -1.43. The van der Waals surface area contributed by atoms with Gasteiger partial charge < -0.3 is 20.9 Å². The Morgan fingerprint density at radius 1 is 1.42 bits per heavy atom. The summed E-state index contributed by atoms with van der Waals surface area (Å²) in [5, 5.41) is 2.90. The van der Waals surface area contributed by atoms with Gasteiger partial charge in [-0.2, -0.15) is 0 Å². The van der Waals surface area contributed by atoms with Gasteiger partial charge in [-0.15, -0.1) is 0 Å². The molecular formula is C13H17BrN4O. The van der Waals surface area contributed by atoms with Gasteiger partial charge in [0.05, 0.1) is 11.7 Å². The summed E-state index contributed by atoms with van der Waals surface area (Å²) in [5.74, 6) is 0. The Balaban J connectivity index is 1.84. The Labute approximate surface area is 120 Å². The number of nitrogens with two attached hydrogens (primary N) is 1. The lowest BCUT2D eigenvalue weighted by atomic mass is 10.1. The number of hydrogen-bond donors (Lipinski definition) is 2. The van der Waals surface area contributed by atoms with Gasteiger partial charge in [0.15, 0.2) is 0 Å². The predicted molar refractivity (Wildman–Crippen MR) is 79.4 cm³/mol. The number of benzene rings is 1. The first-order valence-electron chi connectivity index (χ1n) is 6.41. The quantitative estimate of drug-likeness (QED) is 0.770. The second-order valence-corrected chi connectivity index (χ2v) is 5.99. The molecule has 0 saturated carbocycles. The molecule has 2 fully saturated rings. The van der Waals surface area contributed by atoms with E-state index in [1.807, 2.05) is 17.9 Å². The highest BCUT2D eigenvalue weighted by Crippen LogP contribution is 2.32. The van der Waals surface area contributed by atoms with E-state index >= 15 is 0 Å². The maximum Gasteiger partial charge on any atom is 0.317 e. The fourth-order valence-electron chi connectivity index (χ4n) is 2.75. The number of nitrogens with one attached hydrogen (secondary N) is 1. The zero-order chi connectivity index (χ0) is 13.6. The highest BCUT2D eigenvalue weighted by atomic mass is 79.9. The van der Waals surface area contributed by atoms with Gasteiger partial charge >= 0.3 is 6.03 Å². The molecule has 0 aromatic heterocycles. The average Bonchev–Trinajstić information content (AvgIpc) is 2.75. The molecule has 2 aliphatic heterocycles. The second-order valence-electron chi connectivity index (χ2n) is 5.14. The number of hydrogen-bond acceptors (Lipinski definition) is 3. The Kier molecular flexibility index (Phi) is 3.05. The van der Waals surface area contributed by atoms with Crippen LogP contribution < -0.4 is 16.0 Å². The van der Waals surface area contributed by atoms with Crippen LogP contribution in [0.2, 0.25) is 0 Å². The van der Waals surface area contributed by atoms with E-state index in [4.69, 9.17) is 5.73 Å². The van der Waals surface area contributed by atoms with E-state index in [-0.39, 0.29) is 12.1 Å².